The van der Waals surface area contributed by atoms with E-state index in [-0.39, 0.29) is 17.4 Å². The van der Waals surface area contributed by atoms with Crippen molar-refractivity contribution in [3.63, 3.8) is 0 Å². The van der Waals surface area contributed by atoms with Crippen LogP contribution >= 0.6 is 0 Å². The van der Waals surface area contributed by atoms with Crippen molar-refractivity contribution in [3.05, 3.63) is 36.5 Å². The maximum Gasteiger partial charge on any atom is 0.186 e. The molecule has 3 rings (SSSR count). The average Bonchev–Trinajstić information content (AvgIpc) is 2.99. The van der Waals surface area contributed by atoms with Gasteiger partial charge in [-0.15, -0.1) is 0 Å². The molecule has 0 bridgehead atoms. The second kappa shape index (κ2) is 9.25. The Balaban J connectivity index is 1.75. The number of ether oxygens (including phenoxy) is 2. The molecule has 0 unspecified atom stereocenters. The van der Waals surface area contributed by atoms with Gasteiger partial charge in [-0.2, -0.15) is 0 Å². The highest BCUT2D eigenvalue weighted by molar-refractivity contribution is 5.20. The van der Waals surface area contributed by atoms with Crippen LogP contribution in [0.1, 0.15) is 59.3 Å². The van der Waals surface area contributed by atoms with Crippen LogP contribution in [0.2, 0.25) is 0 Å². The summed E-state index contributed by atoms with van der Waals surface area (Å²) in [7, 11) is 0. The zero-order valence-electron chi connectivity index (χ0n) is 18.8. The Bertz CT molecular complexity index is 672. The van der Waals surface area contributed by atoms with Gasteiger partial charge >= 0.3 is 0 Å². The van der Waals surface area contributed by atoms with Gasteiger partial charge in [0.25, 0.3) is 0 Å². The molecule has 5 heteroatoms. The Kier molecular flexibility index (Phi) is 7.30. The molecule has 1 saturated heterocycles. The molecule has 170 valence electrons. The van der Waals surface area contributed by atoms with Crippen molar-refractivity contribution >= 4 is 0 Å². The number of fused-ring (bicyclic) bond motifs is 1. The summed E-state index contributed by atoms with van der Waals surface area (Å²) in [6, 6.07) is 0. The molecular weight excluding hydrogens is 380 g/mol. The predicted octanol–water partition coefficient (Wildman–Crippen LogP) is 3.74. The average molecular weight is 421 g/mol. The van der Waals surface area contributed by atoms with Crippen molar-refractivity contribution in [2.45, 2.75) is 83.9 Å². The fraction of sp³-hybridized carbons (Fsp3) is 0.760. The standard InChI is InChI=1S/C25H40O5/c1-6-16(2)8-10-18-17(3)9-11-20-24(4,12-7-13-25(18,20)5)15-29-23-22(28)21(27)19(14-26)30-23/h6,8,18-23,26-28H,1,3,7,9-15H2,2,4-5H3/b16-8+/t18-,19+,20-,21+,22+,23+,24+,25+/m0/s1. The normalized spacial score (nSPS) is 44.7. The Morgan fingerprint density at radius 3 is 2.63 bits per heavy atom. The van der Waals surface area contributed by atoms with E-state index < -0.39 is 24.6 Å². The second-order valence-electron chi connectivity index (χ2n) is 10.2. The molecule has 0 aromatic carbocycles. The molecule has 3 N–H and O–H groups in total. The van der Waals surface area contributed by atoms with Gasteiger partial charge in [0, 0.05) is 0 Å². The third-order valence-electron chi connectivity index (χ3n) is 8.22. The Morgan fingerprint density at radius 2 is 2.00 bits per heavy atom. The summed E-state index contributed by atoms with van der Waals surface area (Å²) in [6.45, 7) is 15.3. The van der Waals surface area contributed by atoms with E-state index >= 15 is 0 Å². The fourth-order valence-corrected chi connectivity index (χ4v) is 6.35. The van der Waals surface area contributed by atoms with Gasteiger partial charge in [0.15, 0.2) is 6.29 Å². The largest absolute Gasteiger partial charge is 0.394 e. The van der Waals surface area contributed by atoms with E-state index in [4.69, 9.17) is 9.47 Å². The van der Waals surface area contributed by atoms with E-state index in [9.17, 15) is 15.3 Å². The Labute approximate surface area is 181 Å². The first kappa shape index (κ1) is 23.7. The summed E-state index contributed by atoms with van der Waals surface area (Å²) in [4.78, 5) is 0. The van der Waals surface area contributed by atoms with Crippen molar-refractivity contribution in [3.8, 4) is 0 Å². The van der Waals surface area contributed by atoms with Crippen LogP contribution < -0.4 is 0 Å². The van der Waals surface area contributed by atoms with Crippen molar-refractivity contribution in [2.75, 3.05) is 13.2 Å². The molecule has 0 spiro atoms. The van der Waals surface area contributed by atoms with Gasteiger partial charge in [-0.3, -0.25) is 0 Å². The lowest BCUT2D eigenvalue weighted by Crippen LogP contribution is -2.52. The minimum atomic E-state index is -1.13. The molecule has 3 fully saturated rings. The first-order chi connectivity index (χ1) is 14.2. The van der Waals surface area contributed by atoms with Crippen LogP contribution in [0.25, 0.3) is 0 Å². The Morgan fingerprint density at radius 1 is 1.27 bits per heavy atom. The maximum atomic E-state index is 10.2. The summed E-state index contributed by atoms with van der Waals surface area (Å²) in [5.74, 6) is 0.934. The van der Waals surface area contributed by atoms with Gasteiger partial charge in [-0.05, 0) is 61.7 Å². The first-order valence-electron chi connectivity index (χ1n) is 11.4. The topological polar surface area (TPSA) is 79.2 Å². The molecular formula is C25H40O5. The lowest BCUT2D eigenvalue weighted by Gasteiger charge is -2.58. The molecule has 0 amide bonds. The second-order valence-corrected chi connectivity index (χ2v) is 10.2. The van der Waals surface area contributed by atoms with E-state index in [2.05, 4.69) is 40.0 Å². The summed E-state index contributed by atoms with van der Waals surface area (Å²) in [5.41, 5.74) is 2.69. The Hall–Kier alpha value is -0.980. The SMILES string of the molecule is C=C/C(C)=C/C[C@H]1C(=C)CC[C@H]2[C@@](C)(CO[C@@H]3O[C@H](CO)[C@@H](O)[C@H]3O)CCC[C@]12C. The van der Waals surface area contributed by atoms with E-state index in [1.807, 2.05) is 6.08 Å². The van der Waals surface area contributed by atoms with E-state index in [1.54, 1.807) is 0 Å². The van der Waals surface area contributed by atoms with E-state index in [1.165, 1.54) is 17.6 Å². The molecule has 1 aliphatic heterocycles. The zero-order chi connectivity index (χ0) is 22.1. The van der Waals surface area contributed by atoms with Crippen LogP contribution in [0.4, 0.5) is 0 Å². The number of aliphatic hydroxyl groups excluding tert-OH is 3. The molecule has 5 nitrogen and oxygen atoms in total. The molecule has 1 heterocycles. The number of aliphatic hydroxyl groups is 3. The van der Waals surface area contributed by atoms with Crippen LogP contribution in [-0.2, 0) is 9.47 Å². The van der Waals surface area contributed by atoms with Crippen LogP contribution in [-0.4, -0.2) is 53.1 Å². The van der Waals surface area contributed by atoms with Gasteiger partial charge in [-0.25, -0.2) is 0 Å². The first-order valence-corrected chi connectivity index (χ1v) is 11.4. The lowest BCUT2D eigenvalue weighted by atomic mass is 9.47. The number of allylic oxidation sites excluding steroid dienone is 4. The third kappa shape index (κ3) is 4.33. The summed E-state index contributed by atoms with van der Waals surface area (Å²) in [6.07, 6.45) is 6.79. The number of hydrogen-bond donors (Lipinski definition) is 3. The van der Waals surface area contributed by atoms with Crippen molar-refractivity contribution in [1.29, 1.82) is 0 Å². The third-order valence-corrected chi connectivity index (χ3v) is 8.22. The molecule has 0 aromatic heterocycles. The van der Waals surface area contributed by atoms with Crippen LogP contribution in [0.15, 0.2) is 36.5 Å². The quantitative estimate of drug-likeness (QED) is 0.432. The lowest BCUT2D eigenvalue weighted by molar-refractivity contribution is -0.201. The fourth-order valence-electron chi connectivity index (χ4n) is 6.35. The van der Waals surface area contributed by atoms with Gasteiger partial charge in [0.05, 0.1) is 13.2 Å². The predicted molar refractivity (Wildman–Crippen MR) is 118 cm³/mol. The van der Waals surface area contributed by atoms with Crippen molar-refractivity contribution in [1.82, 2.24) is 0 Å². The highest BCUT2D eigenvalue weighted by Gasteiger charge is 2.55. The van der Waals surface area contributed by atoms with E-state index in [0.29, 0.717) is 18.4 Å². The molecule has 0 radical (unpaired) electrons. The monoisotopic (exact) mass is 420 g/mol. The summed E-state index contributed by atoms with van der Waals surface area (Å²) in [5, 5.41) is 29.6. The van der Waals surface area contributed by atoms with E-state index in [0.717, 1.165) is 32.1 Å². The van der Waals surface area contributed by atoms with Gasteiger partial charge in [-0.1, -0.05) is 56.7 Å². The van der Waals surface area contributed by atoms with Crippen molar-refractivity contribution in [2.24, 2.45) is 22.7 Å². The van der Waals surface area contributed by atoms with Gasteiger partial charge in [0.1, 0.15) is 18.3 Å². The number of rotatable bonds is 7. The smallest absolute Gasteiger partial charge is 0.186 e. The number of hydrogen-bond acceptors (Lipinski definition) is 5. The summed E-state index contributed by atoms with van der Waals surface area (Å²) >= 11 is 0. The summed E-state index contributed by atoms with van der Waals surface area (Å²) < 4.78 is 11.6. The van der Waals surface area contributed by atoms with Gasteiger partial charge < -0.3 is 24.8 Å². The zero-order valence-corrected chi connectivity index (χ0v) is 18.8. The molecule has 0 aromatic rings. The molecule has 8 atom stereocenters. The minimum Gasteiger partial charge on any atom is -0.394 e. The molecule has 2 aliphatic carbocycles. The van der Waals surface area contributed by atoms with Crippen LogP contribution in [0.5, 0.6) is 0 Å². The minimum absolute atomic E-state index is 0.0333. The highest BCUT2D eigenvalue weighted by atomic mass is 16.7. The van der Waals surface area contributed by atoms with Crippen molar-refractivity contribution < 1.29 is 24.8 Å². The molecule has 2 saturated carbocycles. The van der Waals surface area contributed by atoms with Gasteiger partial charge in [0.2, 0.25) is 0 Å². The van der Waals surface area contributed by atoms with Crippen LogP contribution in [0, 0.1) is 22.7 Å². The molecule has 3 aliphatic rings. The maximum absolute atomic E-state index is 10.2. The highest BCUT2D eigenvalue weighted by Crippen LogP contribution is 2.62. The molecule has 30 heavy (non-hydrogen) atoms. The van der Waals surface area contributed by atoms with Crippen LogP contribution in [0.3, 0.4) is 0 Å².